The van der Waals surface area contributed by atoms with E-state index in [1.807, 2.05) is 4.72 Å². The molecular weight excluding hydrogens is 364 g/mol. The van der Waals surface area contributed by atoms with Gasteiger partial charge < -0.3 is 0 Å². The van der Waals surface area contributed by atoms with E-state index < -0.39 is 21.7 Å². The Balaban J connectivity index is 2.18. The first-order valence-corrected chi connectivity index (χ1v) is 8.53. The summed E-state index contributed by atoms with van der Waals surface area (Å²) in [6.07, 6.45) is 1.05. The Morgan fingerprint density at radius 2 is 1.83 bits per heavy atom. The first-order chi connectivity index (χ1) is 10.8. The fourth-order valence-electron chi connectivity index (χ4n) is 1.66. The average Bonchev–Trinajstić information content (AvgIpc) is 2.45. The predicted molar refractivity (Wildman–Crippen MR) is 88.3 cm³/mol. The third-order valence-corrected chi connectivity index (χ3v) is 4.25. The van der Waals surface area contributed by atoms with Gasteiger partial charge in [-0.25, -0.2) is 17.5 Å². The Kier molecular flexibility index (Phi) is 5.41. The highest BCUT2D eigenvalue weighted by Gasteiger charge is 2.16. The van der Waals surface area contributed by atoms with Crippen molar-refractivity contribution in [1.82, 2.24) is 4.72 Å². The zero-order chi connectivity index (χ0) is 17.0. The van der Waals surface area contributed by atoms with Crippen molar-refractivity contribution in [2.75, 3.05) is 0 Å². The SMILES string of the molecule is O=C(NS(=O)(=O)C=Cc1ccccc1F)c1ccc(Cl)cc1Cl. The van der Waals surface area contributed by atoms with E-state index >= 15 is 0 Å². The highest BCUT2D eigenvalue weighted by Crippen LogP contribution is 2.21. The summed E-state index contributed by atoms with van der Waals surface area (Å²) in [6, 6.07) is 9.66. The number of hydrogen-bond donors (Lipinski definition) is 1. The van der Waals surface area contributed by atoms with Gasteiger partial charge in [0, 0.05) is 10.6 Å². The molecule has 0 heterocycles. The zero-order valence-electron chi connectivity index (χ0n) is 11.5. The summed E-state index contributed by atoms with van der Waals surface area (Å²) in [6.45, 7) is 0. The summed E-state index contributed by atoms with van der Waals surface area (Å²) < 4.78 is 39.0. The number of sulfonamides is 1. The molecule has 0 aliphatic heterocycles. The number of hydrogen-bond acceptors (Lipinski definition) is 3. The van der Waals surface area contributed by atoms with Crippen molar-refractivity contribution >= 4 is 45.2 Å². The Hall–Kier alpha value is -1.89. The molecule has 0 fully saturated rings. The molecule has 0 atom stereocenters. The molecule has 2 aromatic rings. The maximum Gasteiger partial charge on any atom is 0.266 e. The van der Waals surface area contributed by atoms with Crippen LogP contribution < -0.4 is 4.72 Å². The van der Waals surface area contributed by atoms with Crippen LogP contribution in [-0.4, -0.2) is 14.3 Å². The lowest BCUT2D eigenvalue weighted by atomic mass is 10.2. The molecule has 0 saturated heterocycles. The lowest BCUT2D eigenvalue weighted by molar-refractivity contribution is 0.0982. The second-order valence-electron chi connectivity index (χ2n) is 4.42. The van der Waals surface area contributed by atoms with Gasteiger partial charge in [-0.2, -0.15) is 0 Å². The summed E-state index contributed by atoms with van der Waals surface area (Å²) in [5.74, 6) is -1.49. The molecule has 1 amide bonds. The molecule has 2 rings (SSSR count). The van der Waals surface area contributed by atoms with Crippen LogP contribution in [0.25, 0.3) is 6.08 Å². The van der Waals surface area contributed by atoms with E-state index in [0.717, 1.165) is 6.08 Å². The summed E-state index contributed by atoms with van der Waals surface area (Å²) in [5.41, 5.74) is 0.0359. The molecule has 0 spiro atoms. The van der Waals surface area contributed by atoms with Gasteiger partial charge in [-0.15, -0.1) is 0 Å². The lowest BCUT2D eigenvalue weighted by Crippen LogP contribution is -2.29. The van der Waals surface area contributed by atoms with Crippen LogP contribution in [0.15, 0.2) is 47.9 Å². The summed E-state index contributed by atoms with van der Waals surface area (Å²) in [7, 11) is -4.11. The maximum atomic E-state index is 13.4. The minimum Gasteiger partial charge on any atom is -0.268 e. The summed E-state index contributed by atoms with van der Waals surface area (Å²) in [5, 5.41) is 1.03. The minimum absolute atomic E-state index is 0.0169. The smallest absolute Gasteiger partial charge is 0.266 e. The van der Waals surface area contributed by atoms with E-state index in [-0.39, 0.29) is 16.1 Å². The molecule has 0 unspecified atom stereocenters. The van der Waals surface area contributed by atoms with Gasteiger partial charge in [-0.3, -0.25) is 4.79 Å². The predicted octanol–water partition coefficient (Wildman–Crippen LogP) is 3.86. The molecule has 1 N–H and O–H groups in total. The van der Waals surface area contributed by atoms with Crippen LogP contribution in [0.5, 0.6) is 0 Å². The number of benzene rings is 2. The molecule has 8 heteroatoms. The molecule has 0 radical (unpaired) electrons. The number of nitrogens with one attached hydrogen (secondary N) is 1. The second-order valence-corrected chi connectivity index (χ2v) is 6.83. The van der Waals surface area contributed by atoms with Crippen LogP contribution in [-0.2, 0) is 10.0 Å². The van der Waals surface area contributed by atoms with Gasteiger partial charge in [0.15, 0.2) is 0 Å². The van der Waals surface area contributed by atoms with Crippen LogP contribution in [0.1, 0.15) is 15.9 Å². The van der Waals surface area contributed by atoms with Crippen molar-refractivity contribution < 1.29 is 17.6 Å². The molecule has 0 aliphatic carbocycles. The van der Waals surface area contributed by atoms with E-state index in [1.165, 1.54) is 36.4 Å². The minimum atomic E-state index is -4.11. The molecule has 2 aromatic carbocycles. The number of carbonyl (C=O) groups excluding carboxylic acids is 1. The van der Waals surface area contributed by atoms with Crippen molar-refractivity contribution in [3.05, 3.63) is 74.9 Å². The van der Waals surface area contributed by atoms with Crippen molar-refractivity contribution in [2.24, 2.45) is 0 Å². The first-order valence-electron chi connectivity index (χ1n) is 6.23. The Labute approximate surface area is 142 Å². The Morgan fingerprint density at radius 1 is 1.13 bits per heavy atom. The molecule has 0 aliphatic rings. The second kappa shape index (κ2) is 7.12. The molecule has 23 heavy (non-hydrogen) atoms. The zero-order valence-corrected chi connectivity index (χ0v) is 13.8. The number of rotatable bonds is 4. The lowest BCUT2D eigenvalue weighted by Gasteiger charge is -2.05. The van der Waals surface area contributed by atoms with E-state index in [1.54, 1.807) is 6.07 Å². The van der Waals surface area contributed by atoms with E-state index in [9.17, 15) is 17.6 Å². The van der Waals surface area contributed by atoms with Crippen molar-refractivity contribution in [1.29, 1.82) is 0 Å². The van der Waals surface area contributed by atoms with Gasteiger partial charge in [-0.1, -0.05) is 41.4 Å². The Bertz CT molecular complexity index is 882. The van der Waals surface area contributed by atoms with Gasteiger partial charge in [0.05, 0.1) is 16.0 Å². The molecule has 0 bridgehead atoms. The average molecular weight is 374 g/mol. The van der Waals surface area contributed by atoms with Gasteiger partial charge in [0.25, 0.3) is 15.9 Å². The van der Waals surface area contributed by atoms with Crippen LogP contribution >= 0.6 is 23.2 Å². The summed E-state index contributed by atoms with van der Waals surface area (Å²) in [4.78, 5) is 11.9. The monoisotopic (exact) mass is 373 g/mol. The summed E-state index contributed by atoms with van der Waals surface area (Å²) >= 11 is 11.5. The number of halogens is 3. The quantitative estimate of drug-likeness (QED) is 0.884. The van der Waals surface area contributed by atoms with E-state index in [4.69, 9.17) is 23.2 Å². The molecule has 0 saturated carbocycles. The number of carbonyl (C=O) groups is 1. The number of amides is 1. The van der Waals surface area contributed by atoms with Gasteiger partial charge in [0.2, 0.25) is 0 Å². The fraction of sp³-hybridized carbons (Fsp3) is 0. The van der Waals surface area contributed by atoms with Crippen LogP contribution in [0, 0.1) is 5.82 Å². The van der Waals surface area contributed by atoms with Gasteiger partial charge in [-0.05, 0) is 30.3 Å². The third kappa shape index (κ3) is 4.79. The van der Waals surface area contributed by atoms with Gasteiger partial charge >= 0.3 is 0 Å². The van der Waals surface area contributed by atoms with Crippen molar-refractivity contribution in [2.45, 2.75) is 0 Å². The normalized spacial score (nSPS) is 11.6. The first kappa shape index (κ1) is 17.5. The largest absolute Gasteiger partial charge is 0.268 e. The van der Waals surface area contributed by atoms with Crippen LogP contribution in [0.2, 0.25) is 10.0 Å². The molecule has 0 aromatic heterocycles. The van der Waals surface area contributed by atoms with Crippen molar-refractivity contribution in [3.63, 3.8) is 0 Å². The molecule has 120 valence electrons. The van der Waals surface area contributed by atoms with Crippen LogP contribution in [0.4, 0.5) is 4.39 Å². The maximum absolute atomic E-state index is 13.4. The van der Waals surface area contributed by atoms with Gasteiger partial charge in [0.1, 0.15) is 5.82 Å². The molecule has 4 nitrogen and oxygen atoms in total. The third-order valence-electron chi connectivity index (χ3n) is 2.74. The van der Waals surface area contributed by atoms with E-state index in [0.29, 0.717) is 10.4 Å². The standard InChI is InChI=1S/C15H10Cl2FNO3S/c16-11-5-6-12(13(17)9-11)15(20)19-23(21,22)8-7-10-3-1-2-4-14(10)18/h1-9H,(H,19,20). The Morgan fingerprint density at radius 3 is 2.48 bits per heavy atom. The molecular formula is C15H10Cl2FNO3S. The van der Waals surface area contributed by atoms with Crippen molar-refractivity contribution in [3.8, 4) is 0 Å². The fourth-order valence-corrected chi connectivity index (χ4v) is 2.92. The highest BCUT2D eigenvalue weighted by atomic mass is 35.5. The highest BCUT2D eigenvalue weighted by molar-refractivity contribution is 7.93. The topological polar surface area (TPSA) is 63.2 Å². The van der Waals surface area contributed by atoms with Crippen LogP contribution in [0.3, 0.4) is 0 Å². The van der Waals surface area contributed by atoms with E-state index in [2.05, 4.69) is 0 Å².